The first-order chi connectivity index (χ1) is 15.6. The number of hydrogen-bond donors (Lipinski definition) is 0. The van der Waals surface area contributed by atoms with Crippen LogP contribution in [0, 0.1) is 0 Å². The van der Waals surface area contributed by atoms with Crippen molar-refractivity contribution in [2.45, 2.75) is 44.6 Å². The molecule has 2 aromatic carbocycles. The molecule has 4 rings (SSSR count). The highest BCUT2D eigenvalue weighted by Crippen LogP contribution is 2.40. The second kappa shape index (κ2) is 8.61. The Morgan fingerprint density at radius 2 is 1.79 bits per heavy atom. The fourth-order valence-electron chi connectivity index (χ4n) is 4.46. The van der Waals surface area contributed by atoms with E-state index in [0.29, 0.717) is 42.3 Å². The topological polar surface area (TPSA) is 74.3 Å². The van der Waals surface area contributed by atoms with Gasteiger partial charge in [0, 0.05) is 18.5 Å². The summed E-state index contributed by atoms with van der Waals surface area (Å²) in [5.41, 5.74) is 0.644. The summed E-state index contributed by atoms with van der Waals surface area (Å²) < 4.78 is 22.8. The first-order valence-corrected chi connectivity index (χ1v) is 11.1. The molecule has 0 N–H and O–H groups in total. The van der Waals surface area contributed by atoms with Crippen LogP contribution in [0.5, 0.6) is 23.0 Å². The summed E-state index contributed by atoms with van der Waals surface area (Å²) in [6.07, 6.45) is 0.843. The lowest BCUT2D eigenvalue weighted by Crippen LogP contribution is -2.46. The normalized spacial score (nSPS) is 19.8. The van der Waals surface area contributed by atoms with Gasteiger partial charge in [0.1, 0.15) is 28.6 Å². The van der Waals surface area contributed by atoms with Crippen LogP contribution in [0.4, 0.5) is 0 Å². The van der Waals surface area contributed by atoms with E-state index in [0.717, 1.165) is 11.3 Å². The van der Waals surface area contributed by atoms with Crippen LogP contribution in [-0.2, 0) is 10.2 Å². The zero-order valence-corrected chi connectivity index (χ0v) is 19.9. The molecular weight excluding hydrogens is 422 g/mol. The molecule has 7 heteroatoms. The smallest absolute Gasteiger partial charge is 0.260 e. The number of benzene rings is 2. The molecule has 0 bridgehead atoms. The number of nitrogens with zero attached hydrogens (tertiary/aromatic N) is 1. The molecule has 1 saturated heterocycles. The van der Waals surface area contributed by atoms with Gasteiger partial charge < -0.3 is 23.8 Å². The van der Waals surface area contributed by atoms with Crippen molar-refractivity contribution >= 4 is 11.7 Å². The second-order valence-electron chi connectivity index (χ2n) is 9.71. The number of likely N-dealkylation sites (tertiary alicyclic amines) is 1. The van der Waals surface area contributed by atoms with Crippen molar-refractivity contribution in [1.29, 1.82) is 0 Å². The highest BCUT2D eigenvalue weighted by Gasteiger charge is 2.47. The van der Waals surface area contributed by atoms with Gasteiger partial charge >= 0.3 is 0 Å². The fraction of sp³-hybridized carbons (Fsp3) is 0.462. The van der Waals surface area contributed by atoms with E-state index in [1.807, 2.05) is 18.2 Å². The van der Waals surface area contributed by atoms with Crippen LogP contribution >= 0.6 is 0 Å². The number of ether oxygens (including phenoxy) is 4. The number of fused-ring (bicyclic) bond motifs is 1. The average Bonchev–Trinajstić information content (AvgIpc) is 3.19. The minimum Gasteiger partial charge on any atom is -0.497 e. The molecule has 2 heterocycles. The fourth-order valence-corrected chi connectivity index (χ4v) is 4.46. The van der Waals surface area contributed by atoms with Gasteiger partial charge in [-0.15, -0.1) is 0 Å². The Balaban J connectivity index is 1.43. The third-order valence-corrected chi connectivity index (χ3v) is 6.31. The predicted molar refractivity (Wildman–Crippen MR) is 124 cm³/mol. The Morgan fingerprint density at radius 3 is 2.48 bits per heavy atom. The van der Waals surface area contributed by atoms with Gasteiger partial charge in [-0.25, -0.2) is 0 Å². The van der Waals surface area contributed by atoms with Gasteiger partial charge in [-0.2, -0.15) is 0 Å². The Kier molecular flexibility index (Phi) is 5.99. The molecule has 1 amide bonds. The molecule has 2 aliphatic heterocycles. The standard InChI is InChI=1S/C26H31NO6/c1-25(2,3)20-13-18(31-5)7-9-23(20)32-15-24(29)27-11-10-26(16-27)14-21(28)19-12-17(30-4)6-8-22(19)33-26/h6-9,12-13H,10-11,14-16H2,1-5H3. The molecule has 0 aromatic heterocycles. The van der Waals surface area contributed by atoms with Crippen molar-refractivity contribution in [2.24, 2.45) is 0 Å². The van der Waals surface area contributed by atoms with Crippen LogP contribution in [-0.4, -0.2) is 56.1 Å². The largest absolute Gasteiger partial charge is 0.497 e. The van der Waals surface area contributed by atoms with Gasteiger partial charge in [-0.05, 0) is 41.8 Å². The first-order valence-electron chi connectivity index (χ1n) is 11.1. The summed E-state index contributed by atoms with van der Waals surface area (Å²) in [7, 11) is 3.19. The maximum atomic E-state index is 13.0. The SMILES string of the molecule is COc1ccc2c(c1)C(=O)CC1(CCN(C(=O)COc3ccc(OC)cc3C(C)(C)C)C1)O2. The van der Waals surface area contributed by atoms with Crippen molar-refractivity contribution in [1.82, 2.24) is 4.90 Å². The maximum absolute atomic E-state index is 13.0. The lowest BCUT2D eigenvalue weighted by atomic mass is 9.86. The van der Waals surface area contributed by atoms with Crippen molar-refractivity contribution in [3.05, 3.63) is 47.5 Å². The molecule has 176 valence electrons. The van der Waals surface area contributed by atoms with Crippen LogP contribution in [0.15, 0.2) is 36.4 Å². The molecule has 1 spiro atoms. The summed E-state index contributed by atoms with van der Waals surface area (Å²) in [6.45, 7) is 7.08. The lowest BCUT2D eigenvalue weighted by molar-refractivity contribution is -0.133. The number of ketones is 1. The maximum Gasteiger partial charge on any atom is 0.260 e. The molecule has 1 fully saturated rings. The van der Waals surface area contributed by atoms with E-state index in [4.69, 9.17) is 18.9 Å². The molecule has 1 atom stereocenters. The number of carbonyl (C=O) groups is 2. The van der Waals surface area contributed by atoms with Crippen LogP contribution in [0.1, 0.15) is 49.5 Å². The van der Waals surface area contributed by atoms with E-state index in [1.165, 1.54) is 0 Å². The number of hydrogen-bond acceptors (Lipinski definition) is 6. The van der Waals surface area contributed by atoms with Gasteiger partial charge in [0.2, 0.25) is 0 Å². The van der Waals surface area contributed by atoms with E-state index in [-0.39, 0.29) is 30.1 Å². The molecular formula is C26H31NO6. The number of Topliss-reactive ketones (excluding diaryl/α,β-unsaturated/α-hetero) is 1. The third-order valence-electron chi connectivity index (χ3n) is 6.31. The van der Waals surface area contributed by atoms with Gasteiger partial charge in [-0.1, -0.05) is 20.8 Å². The van der Waals surface area contributed by atoms with E-state index < -0.39 is 5.60 Å². The minimum atomic E-state index is -0.689. The molecule has 1 unspecified atom stereocenters. The van der Waals surface area contributed by atoms with Crippen LogP contribution in [0.25, 0.3) is 0 Å². The molecule has 2 aromatic rings. The van der Waals surface area contributed by atoms with Gasteiger partial charge in [0.15, 0.2) is 12.4 Å². The van der Waals surface area contributed by atoms with Crippen LogP contribution in [0.3, 0.4) is 0 Å². The van der Waals surface area contributed by atoms with Crippen LogP contribution in [0.2, 0.25) is 0 Å². The molecule has 33 heavy (non-hydrogen) atoms. The van der Waals surface area contributed by atoms with Crippen molar-refractivity contribution in [2.75, 3.05) is 33.9 Å². The molecule has 2 aliphatic rings. The Morgan fingerprint density at radius 1 is 1.09 bits per heavy atom. The predicted octanol–water partition coefficient (Wildman–Crippen LogP) is 4.02. The van der Waals surface area contributed by atoms with Crippen LogP contribution < -0.4 is 18.9 Å². The van der Waals surface area contributed by atoms with E-state index >= 15 is 0 Å². The Labute approximate surface area is 194 Å². The van der Waals surface area contributed by atoms with Gasteiger partial charge in [0.25, 0.3) is 5.91 Å². The average molecular weight is 454 g/mol. The molecule has 0 saturated carbocycles. The van der Waals surface area contributed by atoms with E-state index in [2.05, 4.69) is 20.8 Å². The molecule has 7 nitrogen and oxygen atoms in total. The first kappa shape index (κ1) is 23.0. The van der Waals surface area contributed by atoms with Crippen molar-refractivity contribution in [3.63, 3.8) is 0 Å². The lowest BCUT2D eigenvalue weighted by Gasteiger charge is -2.34. The Bertz CT molecular complexity index is 1070. The summed E-state index contributed by atoms with van der Waals surface area (Å²) in [4.78, 5) is 27.5. The third kappa shape index (κ3) is 4.63. The summed E-state index contributed by atoms with van der Waals surface area (Å²) in [6, 6.07) is 10.9. The van der Waals surface area contributed by atoms with E-state index in [1.54, 1.807) is 37.3 Å². The van der Waals surface area contributed by atoms with Crippen molar-refractivity contribution in [3.8, 4) is 23.0 Å². The van der Waals surface area contributed by atoms with Gasteiger partial charge in [-0.3, -0.25) is 9.59 Å². The van der Waals surface area contributed by atoms with Crippen molar-refractivity contribution < 1.29 is 28.5 Å². The molecule has 0 radical (unpaired) electrons. The summed E-state index contributed by atoms with van der Waals surface area (Å²) in [5, 5.41) is 0. The second-order valence-corrected chi connectivity index (χ2v) is 9.71. The minimum absolute atomic E-state index is 0.00810. The monoisotopic (exact) mass is 453 g/mol. The van der Waals surface area contributed by atoms with Gasteiger partial charge in [0.05, 0.1) is 32.7 Å². The summed E-state index contributed by atoms with van der Waals surface area (Å²) >= 11 is 0. The zero-order valence-electron chi connectivity index (χ0n) is 19.9. The number of carbonyl (C=O) groups excluding carboxylic acids is 2. The zero-order chi connectivity index (χ0) is 23.8. The summed E-state index contributed by atoms with van der Waals surface area (Å²) in [5.74, 6) is 2.46. The molecule has 0 aliphatic carbocycles. The number of amides is 1. The highest BCUT2D eigenvalue weighted by molar-refractivity contribution is 6.01. The quantitative estimate of drug-likeness (QED) is 0.681. The number of methoxy groups -OCH3 is 2. The van der Waals surface area contributed by atoms with E-state index in [9.17, 15) is 9.59 Å². The number of rotatable bonds is 5. The Hall–Kier alpha value is -3.22. The highest BCUT2D eigenvalue weighted by atomic mass is 16.5.